The third kappa shape index (κ3) is 5.35. The summed E-state index contributed by atoms with van der Waals surface area (Å²) < 4.78 is 66.1. The summed E-state index contributed by atoms with van der Waals surface area (Å²) >= 11 is 0. The minimum Gasteiger partial charge on any atom is -0.496 e. The second-order valence-corrected chi connectivity index (χ2v) is 10.2. The van der Waals surface area contributed by atoms with E-state index in [0.29, 0.717) is 28.0 Å². The molecular formula is C30H31F4NO3. The Morgan fingerprint density at radius 1 is 1.00 bits per heavy atom. The molecule has 0 aromatic heterocycles. The zero-order valence-electron chi connectivity index (χ0n) is 22.2. The van der Waals surface area contributed by atoms with E-state index in [1.165, 1.54) is 18.1 Å². The summed E-state index contributed by atoms with van der Waals surface area (Å²) in [6.07, 6.45) is -5.98. The molecule has 1 amide bonds. The van der Waals surface area contributed by atoms with Crippen molar-refractivity contribution in [1.29, 1.82) is 0 Å². The first kappa shape index (κ1) is 27.5. The summed E-state index contributed by atoms with van der Waals surface area (Å²) in [7, 11) is 1.47. The van der Waals surface area contributed by atoms with Crippen LogP contribution in [-0.2, 0) is 17.5 Å². The van der Waals surface area contributed by atoms with Gasteiger partial charge < -0.3 is 9.47 Å². The number of alkyl halides is 3. The van der Waals surface area contributed by atoms with Gasteiger partial charge in [0.2, 0.25) is 0 Å². The maximum atomic E-state index is 14.7. The molecule has 2 atom stereocenters. The molecule has 8 heteroatoms. The number of amides is 1. The van der Waals surface area contributed by atoms with Crippen molar-refractivity contribution in [2.24, 2.45) is 0 Å². The molecule has 0 spiro atoms. The van der Waals surface area contributed by atoms with E-state index in [0.717, 1.165) is 28.8 Å². The number of hydrogen-bond acceptors (Lipinski definition) is 3. The Bertz CT molecular complexity index is 1370. The number of methoxy groups -OCH3 is 1. The number of halogens is 4. The average molecular weight is 530 g/mol. The first-order valence-electron chi connectivity index (χ1n) is 12.4. The molecule has 0 bridgehead atoms. The topological polar surface area (TPSA) is 38.8 Å². The number of cyclic esters (lactones) is 1. The molecule has 3 aromatic carbocycles. The molecule has 1 heterocycles. The van der Waals surface area contributed by atoms with Gasteiger partial charge in [-0.05, 0) is 67.1 Å². The van der Waals surface area contributed by atoms with E-state index in [-0.39, 0.29) is 18.3 Å². The molecule has 4 nitrogen and oxygen atoms in total. The van der Waals surface area contributed by atoms with Crippen LogP contribution in [-0.4, -0.2) is 24.1 Å². The molecule has 0 N–H and O–H groups in total. The quantitative estimate of drug-likeness (QED) is 0.301. The summed E-state index contributed by atoms with van der Waals surface area (Å²) in [6.45, 7) is 9.23. The summed E-state index contributed by atoms with van der Waals surface area (Å²) in [6, 6.07) is 12.1. The van der Waals surface area contributed by atoms with Crippen LogP contribution in [0.15, 0.2) is 48.5 Å². The lowest BCUT2D eigenvalue weighted by Crippen LogP contribution is -2.31. The van der Waals surface area contributed by atoms with Crippen LogP contribution in [0.25, 0.3) is 11.1 Å². The van der Waals surface area contributed by atoms with Crippen LogP contribution in [0.5, 0.6) is 5.75 Å². The predicted molar refractivity (Wildman–Crippen MR) is 138 cm³/mol. The largest absolute Gasteiger partial charge is 0.496 e. The fraction of sp³-hybridized carbons (Fsp3) is 0.367. The minimum absolute atomic E-state index is 0.0567. The number of carbonyl (C=O) groups is 1. The third-order valence-electron chi connectivity index (χ3n) is 6.98. The van der Waals surface area contributed by atoms with Gasteiger partial charge in [0.05, 0.1) is 25.3 Å². The van der Waals surface area contributed by atoms with Gasteiger partial charge in [-0.1, -0.05) is 49.2 Å². The van der Waals surface area contributed by atoms with Gasteiger partial charge in [0.1, 0.15) is 17.7 Å². The van der Waals surface area contributed by atoms with Crippen molar-refractivity contribution in [2.75, 3.05) is 7.11 Å². The van der Waals surface area contributed by atoms with E-state index < -0.39 is 30.0 Å². The Hall–Kier alpha value is -3.55. The Kier molecular flexibility index (Phi) is 7.46. The maximum absolute atomic E-state index is 14.7. The number of benzene rings is 3. The highest BCUT2D eigenvalue weighted by atomic mass is 19.4. The summed E-state index contributed by atoms with van der Waals surface area (Å²) in [5.41, 5.74) is 3.70. The molecular weight excluding hydrogens is 498 g/mol. The fourth-order valence-corrected chi connectivity index (χ4v) is 4.99. The van der Waals surface area contributed by atoms with Gasteiger partial charge in [-0.3, -0.25) is 4.90 Å². The van der Waals surface area contributed by atoms with E-state index in [9.17, 15) is 22.4 Å². The van der Waals surface area contributed by atoms with Gasteiger partial charge in [0.15, 0.2) is 0 Å². The van der Waals surface area contributed by atoms with E-state index >= 15 is 0 Å². The molecule has 1 unspecified atom stereocenters. The number of ether oxygens (including phenoxy) is 2. The average Bonchev–Trinajstić information content (AvgIpc) is 3.11. The van der Waals surface area contributed by atoms with E-state index in [1.807, 2.05) is 39.0 Å². The van der Waals surface area contributed by atoms with Crippen molar-refractivity contribution in [3.05, 3.63) is 87.7 Å². The van der Waals surface area contributed by atoms with Crippen molar-refractivity contribution < 1.29 is 31.8 Å². The summed E-state index contributed by atoms with van der Waals surface area (Å²) in [5, 5.41) is 0. The zero-order chi connectivity index (χ0) is 27.9. The lowest BCUT2D eigenvalue weighted by atomic mass is 9.92. The Labute approximate surface area is 220 Å². The molecule has 0 radical (unpaired) electrons. The van der Waals surface area contributed by atoms with Crippen molar-refractivity contribution in [3.63, 3.8) is 0 Å². The van der Waals surface area contributed by atoms with E-state index in [1.54, 1.807) is 26.0 Å². The minimum atomic E-state index is -4.51. The maximum Gasteiger partial charge on any atom is 0.416 e. The highest BCUT2D eigenvalue weighted by Gasteiger charge is 2.41. The molecule has 1 fully saturated rings. The van der Waals surface area contributed by atoms with Gasteiger partial charge in [0.25, 0.3) is 0 Å². The third-order valence-corrected chi connectivity index (χ3v) is 6.98. The second kappa shape index (κ2) is 10.3. The van der Waals surface area contributed by atoms with Crippen molar-refractivity contribution in [1.82, 2.24) is 4.90 Å². The Balaban J connectivity index is 1.72. The van der Waals surface area contributed by atoms with Crippen molar-refractivity contribution >= 4 is 6.09 Å². The van der Waals surface area contributed by atoms with Crippen LogP contribution in [0.3, 0.4) is 0 Å². The lowest BCUT2D eigenvalue weighted by molar-refractivity contribution is -0.137. The molecule has 3 aromatic rings. The van der Waals surface area contributed by atoms with Gasteiger partial charge >= 0.3 is 12.3 Å². The number of nitrogens with zero attached hydrogens (tertiary/aromatic N) is 1. The lowest BCUT2D eigenvalue weighted by Gasteiger charge is -2.24. The monoisotopic (exact) mass is 529 g/mol. The normalized spacial score (nSPS) is 17.8. The van der Waals surface area contributed by atoms with Crippen LogP contribution < -0.4 is 4.74 Å². The van der Waals surface area contributed by atoms with E-state index in [4.69, 9.17) is 9.47 Å². The molecule has 0 saturated carbocycles. The smallest absolute Gasteiger partial charge is 0.416 e. The standard InChI is InChI=1S/C30H31F4NO3/c1-16(2)24-13-25(27(37-6)14-26(24)31)23-8-7-17(3)9-21(23)15-35-19(5)28(38-29(35)36)20-10-18(4)11-22(12-20)30(32,33)34/h7-14,16,19,28H,15H2,1-6H3/t19-,28?/m0/s1. The van der Waals surface area contributed by atoms with Gasteiger partial charge in [-0.2, -0.15) is 13.2 Å². The van der Waals surface area contributed by atoms with Crippen LogP contribution in [0, 0.1) is 19.7 Å². The number of carbonyl (C=O) groups excluding carboxylic acids is 1. The Morgan fingerprint density at radius 3 is 2.34 bits per heavy atom. The summed E-state index contributed by atoms with van der Waals surface area (Å²) in [4.78, 5) is 14.5. The van der Waals surface area contributed by atoms with Crippen LogP contribution >= 0.6 is 0 Å². The first-order chi connectivity index (χ1) is 17.8. The van der Waals surface area contributed by atoms with Gasteiger partial charge in [-0.15, -0.1) is 0 Å². The van der Waals surface area contributed by atoms with Crippen LogP contribution in [0.2, 0.25) is 0 Å². The highest BCUT2D eigenvalue weighted by molar-refractivity contribution is 5.76. The molecule has 1 aliphatic heterocycles. The molecule has 1 aliphatic rings. The number of rotatable bonds is 6. The van der Waals surface area contributed by atoms with Crippen LogP contribution in [0.1, 0.15) is 66.2 Å². The number of hydrogen-bond donors (Lipinski definition) is 0. The van der Waals surface area contributed by atoms with Crippen LogP contribution in [0.4, 0.5) is 22.4 Å². The second-order valence-electron chi connectivity index (χ2n) is 10.2. The van der Waals surface area contributed by atoms with E-state index in [2.05, 4.69) is 0 Å². The van der Waals surface area contributed by atoms with Gasteiger partial charge in [0, 0.05) is 11.6 Å². The summed E-state index contributed by atoms with van der Waals surface area (Å²) in [5.74, 6) is -0.0459. The molecule has 38 heavy (non-hydrogen) atoms. The zero-order valence-corrected chi connectivity index (χ0v) is 22.2. The fourth-order valence-electron chi connectivity index (χ4n) is 4.99. The first-order valence-corrected chi connectivity index (χ1v) is 12.4. The molecule has 1 saturated heterocycles. The number of aryl methyl sites for hydroxylation is 2. The Morgan fingerprint density at radius 2 is 1.71 bits per heavy atom. The molecule has 0 aliphatic carbocycles. The SMILES string of the molecule is COc1cc(F)c(C(C)C)cc1-c1ccc(C)cc1CN1C(=O)OC(c2cc(C)cc(C(F)(F)F)c2)[C@@H]1C. The van der Waals surface area contributed by atoms with Gasteiger partial charge in [-0.25, -0.2) is 9.18 Å². The highest BCUT2D eigenvalue weighted by Crippen LogP contribution is 2.40. The van der Waals surface area contributed by atoms with Crippen molar-refractivity contribution in [2.45, 2.75) is 65.4 Å². The van der Waals surface area contributed by atoms with Crippen molar-refractivity contribution in [3.8, 4) is 16.9 Å². The molecule has 202 valence electrons. The molecule has 4 rings (SSSR count). The predicted octanol–water partition coefficient (Wildman–Crippen LogP) is 8.34.